The van der Waals surface area contributed by atoms with Crippen LogP contribution in [0.5, 0.6) is 5.75 Å². The molecule has 8 heteroatoms. The van der Waals surface area contributed by atoms with Crippen molar-refractivity contribution < 1.29 is 18.4 Å². The van der Waals surface area contributed by atoms with Gasteiger partial charge in [0.05, 0.1) is 26.1 Å². The number of anilines is 1. The predicted octanol–water partition coefficient (Wildman–Crippen LogP) is 4.24. The summed E-state index contributed by atoms with van der Waals surface area (Å²) in [5.41, 5.74) is 0.939. The van der Waals surface area contributed by atoms with Crippen molar-refractivity contribution in [3.05, 3.63) is 35.7 Å². The molecule has 1 aromatic heterocycles. The number of rotatable bonds is 9. The van der Waals surface area contributed by atoms with Crippen molar-refractivity contribution in [2.24, 2.45) is 17.8 Å². The van der Waals surface area contributed by atoms with E-state index in [0.717, 1.165) is 61.0 Å². The molecule has 3 heterocycles. The molecule has 1 saturated carbocycles. The van der Waals surface area contributed by atoms with E-state index in [9.17, 15) is 9.18 Å². The first-order chi connectivity index (χ1) is 16.5. The highest BCUT2D eigenvalue weighted by Crippen LogP contribution is 2.50. The molecule has 0 radical (unpaired) electrons. The minimum absolute atomic E-state index is 0.00873. The lowest BCUT2D eigenvalue weighted by atomic mass is 9.90. The van der Waals surface area contributed by atoms with Gasteiger partial charge >= 0.3 is 6.01 Å². The summed E-state index contributed by atoms with van der Waals surface area (Å²) in [7, 11) is 0. The first-order valence-electron chi connectivity index (χ1n) is 12.7. The van der Waals surface area contributed by atoms with Crippen LogP contribution in [0.15, 0.2) is 28.8 Å². The highest BCUT2D eigenvalue weighted by molar-refractivity contribution is 5.79. The maximum Gasteiger partial charge on any atom is 0.324 e. The van der Waals surface area contributed by atoms with Crippen molar-refractivity contribution in [3.63, 3.8) is 0 Å². The lowest BCUT2D eigenvalue weighted by Crippen LogP contribution is -2.51. The number of piperidine rings is 1. The van der Waals surface area contributed by atoms with E-state index < -0.39 is 6.17 Å². The van der Waals surface area contributed by atoms with Crippen LogP contribution in [0, 0.1) is 17.8 Å². The summed E-state index contributed by atoms with van der Waals surface area (Å²) < 4.78 is 24.3. The van der Waals surface area contributed by atoms with Gasteiger partial charge in [-0.1, -0.05) is 31.1 Å². The van der Waals surface area contributed by atoms with Crippen molar-refractivity contribution in [1.29, 1.82) is 0 Å². The van der Waals surface area contributed by atoms with Crippen LogP contribution in [-0.2, 0) is 11.2 Å². The number of carbonyl (C=O) groups excluding carboxylic acids is 1. The average molecular weight is 471 g/mol. The topological polar surface area (TPSA) is 71.7 Å². The van der Waals surface area contributed by atoms with Gasteiger partial charge in [0.2, 0.25) is 5.91 Å². The van der Waals surface area contributed by atoms with E-state index in [2.05, 4.69) is 28.9 Å². The Balaban J connectivity index is 0.988. The number of carbonyl (C=O) groups is 1. The first kappa shape index (κ1) is 23.1. The molecule has 2 saturated heterocycles. The predicted molar refractivity (Wildman–Crippen MR) is 127 cm³/mol. The van der Waals surface area contributed by atoms with Gasteiger partial charge in [-0.25, -0.2) is 4.39 Å². The van der Waals surface area contributed by atoms with Crippen LogP contribution in [-0.4, -0.2) is 59.9 Å². The van der Waals surface area contributed by atoms with E-state index in [1.54, 1.807) is 4.90 Å². The molecule has 0 N–H and O–H groups in total. The molecule has 3 fully saturated rings. The van der Waals surface area contributed by atoms with Crippen LogP contribution in [0.3, 0.4) is 0 Å². The fourth-order valence-corrected chi connectivity index (χ4v) is 5.24. The Bertz CT molecular complexity index is 965. The number of halogens is 1. The molecule has 184 valence electrons. The molecule has 1 aliphatic carbocycles. The van der Waals surface area contributed by atoms with Crippen molar-refractivity contribution >= 4 is 11.9 Å². The largest absolute Gasteiger partial charge is 0.494 e. The summed E-state index contributed by atoms with van der Waals surface area (Å²) in [6, 6.07) is 8.40. The van der Waals surface area contributed by atoms with Crippen molar-refractivity contribution in [2.75, 3.05) is 37.7 Å². The zero-order chi connectivity index (χ0) is 23.7. The van der Waals surface area contributed by atoms with Crippen LogP contribution >= 0.6 is 0 Å². The standard InChI is InChI=1S/C26H35FN4O3/c1-17(2)25-28-26(34-29-25)30-10-7-19(8-11-30)23-14-20(23)9-12-33-22-5-3-18(4-6-22)13-24(32)31-15-21(27)16-31/h3-6,17,19-21,23H,7-16H2,1-2H3/t20?,23-/m1/s1. The quantitative estimate of drug-likeness (QED) is 0.546. The number of hydrogen-bond donors (Lipinski definition) is 0. The van der Waals surface area contributed by atoms with Gasteiger partial charge in [0.1, 0.15) is 11.9 Å². The molecule has 1 aromatic carbocycles. The molecule has 0 spiro atoms. The second-order valence-electron chi connectivity index (χ2n) is 10.4. The number of benzene rings is 1. The van der Waals surface area contributed by atoms with Gasteiger partial charge in [-0.2, -0.15) is 4.98 Å². The number of aromatic nitrogens is 2. The summed E-state index contributed by atoms with van der Waals surface area (Å²) in [6.07, 6.45) is 4.24. The van der Waals surface area contributed by atoms with Crippen LogP contribution in [0.1, 0.15) is 56.8 Å². The lowest BCUT2D eigenvalue weighted by Gasteiger charge is -2.34. The van der Waals surface area contributed by atoms with Gasteiger partial charge in [-0.15, -0.1) is 0 Å². The fraction of sp³-hybridized carbons (Fsp3) is 0.654. The number of hydrogen-bond acceptors (Lipinski definition) is 6. The summed E-state index contributed by atoms with van der Waals surface area (Å²) in [5, 5.41) is 4.09. The van der Waals surface area contributed by atoms with Gasteiger partial charge in [0.25, 0.3) is 0 Å². The third kappa shape index (κ3) is 5.36. The second-order valence-corrected chi connectivity index (χ2v) is 10.4. The van der Waals surface area contributed by atoms with Gasteiger partial charge in [-0.05, 0) is 61.1 Å². The van der Waals surface area contributed by atoms with E-state index in [1.807, 2.05) is 24.3 Å². The van der Waals surface area contributed by atoms with E-state index in [0.29, 0.717) is 12.4 Å². The van der Waals surface area contributed by atoms with E-state index in [-0.39, 0.29) is 24.9 Å². The molecule has 2 aliphatic heterocycles. The average Bonchev–Trinajstić information content (AvgIpc) is 3.40. The number of amides is 1. The summed E-state index contributed by atoms with van der Waals surface area (Å²) in [5.74, 6) is 4.27. The highest BCUT2D eigenvalue weighted by Gasteiger charge is 2.43. The molecule has 1 amide bonds. The summed E-state index contributed by atoms with van der Waals surface area (Å²) in [6.45, 7) is 7.33. The highest BCUT2D eigenvalue weighted by atomic mass is 19.1. The Morgan fingerprint density at radius 3 is 2.59 bits per heavy atom. The van der Waals surface area contributed by atoms with Crippen LogP contribution < -0.4 is 9.64 Å². The Labute approximate surface area is 200 Å². The number of nitrogens with zero attached hydrogens (tertiary/aromatic N) is 4. The third-order valence-corrected chi connectivity index (χ3v) is 7.57. The van der Waals surface area contributed by atoms with Gasteiger partial charge in [0, 0.05) is 19.0 Å². The lowest BCUT2D eigenvalue weighted by molar-refractivity contribution is -0.137. The zero-order valence-corrected chi connectivity index (χ0v) is 20.2. The molecule has 5 rings (SSSR count). The van der Waals surface area contributed by atoms with Crippen LogP contribution in [0.25, 0.3) is 0 Å². The van der Waals surface area contributed by atoms with E-state index >= 15 is 0 Å². The third-order valence-electron chi connectivity index (χ3n) is 7.57. The first-order valence-corrected chi connectivity index (χ1v) is 12.7. The molecule has 1 unspecified atom stereocenters. The van der Waals surface area contributed by atoms with Crippen molar-refractivity contribution in [1.82, 2.24) is 15.0 Å². The zero-order valence-electron chi connectivity index (χ0n) is 20.2. The second kappa shape index (κ2) is 9.92. The molecule has 3 aliphatic rings. The molecule has 2 atom stereocenters. The Hall–Kier alpha value is -2.64. The molecule has 2 aromatic rings. The molecule has 34 heavy (non-hydrogen) atoms. The smallest absolute Gasteiger partial charge is 0.324 e. The molecule has 0 bridgehead atoms. The maximum absolute atomic E-state index is 12.9. The monoisotopic (exact) mass is 470 g/mol. The Morgan fingerprint density at radius 2 is 1.94 bits per heavy atom. The molecule has 7 nitrogen and oxygen atoms in total. The van der Waals surface area contributed by atoms with Gasteiger partial charge in [0.15, 0.2) is 5.82 Å². The fourth-order valence-electron chi connectivity index (χ4n) is 5.24. The van der Waals surface area contributed by atoms with E-state index in [4.69, 9.17) is 9.26 Å². The Morgan fingerprint density at radius 1 is 1.21 bits per heavy atom. The number of alkyl halides is 1. The number of likely N-dealkylation sites (tertiary alicyclic amines) is 1. The van der Waals surface area contributed by atoms with Crippen molar-refractivity contribution in [2.45, 2.75) is 58.0 Å². The Kier molecular flexibility index (Phi) is 6.75. The SMILES string of the molecule is CC(C)c1noc(N2CCC([C@H]3CC3CCOc3ccc(CC(=O)N4CC(F)C4)cc3)CC2)n1. The summed E-state index contributed by atoms with van der Waals surface area (Å²) >= 11 is 0. The van der Waals surface area contributed by atoms with Crippen LogP contribution in [0.4, 0.5) is 10.4 Å². The summed E-state index contributed by atoms with van der Waals surface area (Å²) in [4.78, 5) is 20.4. The van der Waals surface area contributed by atoms with Gasteiger partial charge < -0.3 is 19.1 Å². The molecular weight excluding hydrogens is 435 g/mol. The molecular formula is C26H35FN4O3. The van der Waals surface area contributed by atoms with Crippen LogP contribution in [0.2, 0.25) is 0 Å². The minimum Gasteiger partial charge on any atom is -0.494 e. The normalized spacial score (nSPS) is 23.3. The van der Waals surface area contributed by atoms with Gasteiger partial charge in [-0.3, -0.25) is 4.79 Å². The number of ether oxygens (including phenoxy) is 1. The van der Waals surface area contributed by atoms with E-state index in [1.165, 1.54) is 19.3 Å². The minimum atomic E-state index is -0.853. The van der Waals surface area contributed by atoms with Crippen molar-refractivity contribution in [3.8, 4) is 5.75 Å². The maximum atomic E-state index is 12.9.